The number of aromatic amines is 1. The van der Waals surface area contributed by atoms with Crippen molar-refractivity contribution in [2.24, 2.45) is 0 Å². The third kappa shape index (κ3) is 4.80. The van der Waals surface area contributed by atoms with Gasteiger partial charge in [0.15, 0.2) is 12.4 Å². The molecule has 1 aromatic carbocycles. The standard InChI is InChI=1S/C19H19N3O5S/c1-11-7-16(22-27-11)21-17(24)9-28-10-18(25)26-8-15(23)19-12(2)20-14-6-4-3-5-13(14)19/h3-7,20H,8-10H2,1-2H3,(H,21,22,24). The van der Waals surface area contributed by atoms with Gasteiger partial charge >= 0.3 is 5.97 Å². The minimum Gasteiger partial charge on any atom is -0.457 e. The van der Waals surface area contributed by atoms with Crippen LogP contribution in [0.25, 0.3) is 10.9 Å². The number of aromatic nitrogens is 2. The average Bonchev–Trinajstić information content (AvgIpc) is 3.21. The van der Waals surface area contributed by atoms with Crippen LogP contribution in [0.5, 0.6) is 0 Å². The lowest BCUT2D eigenvalue weighted by atomic mass is 10.1. The van der Waals surface area contributed by atoms with E-state index in [1.807, 2.05) is 24.3 Å². The van der Waals surface area contributed by atoms with Gasteiger partial charge in [-0.05, 0) is 19.9 Å². The van der Waals surface area contributed by atoms with Gasteiger partial charge < -0.3 is 19.6 Å². The Hall–Kier alpha value is -3.07. The van der Waals surface area contributed by atoms with Crippen LogP contribution in [-0.2, 0) is 14.3 Å². The molecule has 1 amide bonds. The number of hydrogen-bond donors (Lipinski definition) is 2. The summed E-state index contributed by atoms with van der Waals surface area (Å²) in [5.41, 5.74) is 2.12. The van der Waals surface area contributed by atoms with E-state index >= 15 is 0 Å². The van der Waals surface area contributed by atoms with Crippen LogP contribution in [0.4, 0.5) is 5.82 Å². The number of Topliss-reactive ketones (excluding diaryl/α,β-unsaturated/α-hetero) is 1. The number of thioether (sulfide) groups is 1. The molecule has 0 fully saturated rings. The number of esters is 1. The van der Waals surface area contributed by atoms with Crippen LogP contribution in [0.3, 0.4) is 0 Å². The Morgan fingerprint density at radius 2 is 2.00 bits per heavy atom. The second kappa shape index (κ2) is 8.75. The fraction of sp³-hybridized carbons (Fsp3) is 0.263. The van der Waals surface area contributed by atoms with Crippen molar-refractivity contribution in [2.75, 3.05) is 23.4 Å². The van der Waals surface area contributed by atoms with Crippen LogP contribution in [0.15, 0.2) is 34.9 Å². The van der Waals surface area contributed by atoms with E-state index in [9.17, 15) is 14.4 Å². The fourth-order valence-corrected chi connectivity index (χ4v) is 3.34. The van der Waals surface area contributed by atoms with E-state index in [0.29, 0.717) is 17.1 Å². The number of fused-ring (bicyclic) bond motifs is 1. The molecule has 0 atom stereocenters. The molecule has 0 aliphatic carbocycles. The van der Waals surface area contributed by atoms with Crippen molar-refractivity contribution in [3.05, 3.63) is 47.3 Å². The quantitative estimate of drug-likeness (QED) is 0.440. The Kier molecular flexibility index (Phi) is 6.15. The van der Waals surface area contributed by atoms with Crippen LogP contribution < -0.4 is 5.32 Å². The molecule has 0 unspecified atom stereocenters. The van der Waals surface area contributed by atoms with Gasteiger partial charge in [0.25, 0.3) is 0 Å². The average molecular weight is 401 g/mol. The van der Waals surface area contributed by atoms with E-state index in [-0.39, 0.29) is 29.8 Å². The summed E-state index contributed by atoms with van der Waals surface area (Å²) in [6.07, 6.45) is 0. The summed E-state index contributed by atoms with van der Waals surface area (Å²) in [4.78, 5) is 39.2. The van der Waals surface area contributed by atoms with Crippen LogP contribution in [-0.4, -0.2) is 45.9 Å². The molecule has 2 N–H and O–H groups in total. The first-order chi connectivity index (χ1) is 13.4. The summed E-state index contributed by atoms with van der Waals surface area (Å²) in [5, 5.41) is 7.01. The van der Waals surface area contributed by atoms with Crippen molar-refractivity contribution in [2.45, 2.75) is 13.8 Å². The van der Waals surface area contributed by atoms with Gasteiger partial charge in [0, 0.05) is 28.2 Å². The predicted molar refractivity (Wildman–Crippen MR) is 106 cm³/mol. The second-order valence-corrected chi connectivity index (χ2v) is 7.10. The summed E-state index contributed by atoms with van der Waals surface area (Å²) in [5.74, 6) is -0.209. The highest BCUT2D eigenvalue weighted by molar-refractivity contribution is 8.00. The maximum atomic E-state index is 12.4. The number of H-pyrrole nitrogens is 1. The molecule has 3 rings (SSSR count). The first kappa shape index (κ1) is 19.7. The minimum atomic E-state index is -0.555. The Morgan fingerprint density at radius 3 is 2.75 bits per heavy atom. The molecular formula is C19H19N3O5S. The molecule has 3 aromatic rings. The first-order valence-corrected chi connectivity index (χ1v) is 9.66. The van der Waals surface area contributed by atoms with Crippen LogP contribution in [0.1, 0.15) is 21.8 Å². The van der Waals surface area contributed by atoms with Crippen molar-refractivity contribution in [3.63, 3.8) is 0 Å². The molecule has 2 heterocycles. The lowest BCUT2D eigenvalue weighted by Crippen LogP contribution is -2.18. The number of carbonyl (C=O) groups excluding carboxylic acids is 3. The van der Waals surface area contributed by atoms with Crippen LogP contribution in [0, 0.1) is 13.8 Å². The normalized spacial score (nSPS) is 10.8. The summed E-state index contributed by atoms with van der Waals surface area (Å²) < 4.78 is 9.90. The minimum absolute atomic E-state index is 0.0363. The number of nitrogens with zero attached hydrogens (tertiary/aromatic N) is 1. The molecule has 0 radical (unpaired) electrons. The predicted octanol–water partition coefficient (Wildman–Crippen LogP) is 2.87. The summed E-state index contributed by atoms with van der Waals surface area (Å²) in [7, 11) is 0. The molecular weight excluding hydrogens is 382 g/mol. The Morgan fingerprint density at radius 1 is 1.21 bits per heavy atom. The number of anilines is 1. The highest BCUT2D eigenvalue weighted by atomic mass is 32.2. The molecule has 0 spiro atoms. The number of aryl methyl sites for hydroxylation is 2. The van der Waals surface area contributed by atoms with E-state index in [0.717, 1.165) is 28.4 Å². The maximum Gasteiger partial charge on any atom is 0.316 e. The largest absolute Gasteiger partial charge is 0.457 e. The lowest BCUT2D eigenvalue weighted by molar-refractivity contribution is -0.139. The molecule has 2 aromatic heterocycles. The number of para-hydroxylation sites is 1. The molecule has 146 valence electrons. The van der Waals surface area contributed by atoms with Gasteiger partial charge in [-0.25, -0.2) is 0 Å². The SMILES string of the molecule is Cc1cc(NC(=O)CSCC(=O)OCC(=O)c2c(C)[nH]c3ccccc23)no1. The fourth-order valence-electron chi connectivity index (χ4n) is 2.73. The monoisotopic (exact) mass is 401 g/mol. The van der Waals surface area contributed by atoms with Gasteiger partial charge in [-0.2, -0.15) is 0 Å². The number of carbonyl (C=O) groups is 3. The van der Waals surface area contributed by atoms with E-state index in [2.05, 4.69) is 15.5 Å². The number of ether oxygens (including phenoxy) is 1. The third-order valence-corrected chi connectivity index (χ3v) is 4.79. The van der Waals surface area contributed by atoms with Crippen molar-refractivity contribution < 1.29 is 23.6 Å². The molecule has 8 nitrogen and oxygen atoms in total. The van der Waals surface area contributed by atoms with Gasteiger partial charge in [-0.1, -0.05) is 23.4 Å². The number of hydrogen-bond acceptors (Lipinski definition) is 7. The maximum absolute atomic E-state index is 12.4. The third-order valence-electron chi connectivity index (χ3n) is 3.89. The van der Waals surface area contributed by atoms with Crippen molar-refractivity contribution in [1.82, 2.24) is 10.1 Å². The number of nitrogens with one attached hydrogen (secondary N) is 2. The van der Waals surface area contributed by atoms with Gasteiger partial charge in [0.05, 0.1) is 11.5 Å². The first-order valence-electron chi connectivity index (χ1n) is 8.51. The highest BCUT2D eigenvalue weighted by Crippen LogP contribution is 2.22. The Labute approximate surface area is 165 Å². The number of benzene rings is 1. The zero-order valence-electron chi connectivity index (χ0n) is 15.4. The van der Waals surface area contributed by atoms with Crippen LogP contribution >= 0.6 is 11.8 Å². The molecule has 28 heavy (non-hydrogen) atoms. The van der Waals surface area contributed by atoms with Gasteiger partial charge in [0.1, 0.15) is 5.76 Å². The number of rotatable bonds is 8. The topological polar surface area (TPSA) is 114 Å². The second-order valence-electron chi connectivity index (χ2n) is 6.12. The Bertz CT molecular complexity index is 1020. The zero-order valence-corrected chi connectivity index (χ0v) is 16.2. The van der Waals surface area contributed by atoms with E-state index < -0.39 is 5.97 Å². The Balaban J connectivity index is 1.43. The van der Waals surface area contributed by atoms with E-state index in [1.54, 1.807) is 19.9 Å². The van der Waals surface area contributed by atoms with Gasteiger partial charge in [0.2, 0.25) is 11.7 Å². The van der Waals surface area contributed by atoms with Gasteiger partial charge in [-0.3, -0.25) is 14.4 Å². The van der Waals surface area contributed by atoms with Crippen LogP contribution in [0.2, 0.25) is 0 Å². The molecule has 0 aliphatic heterocycles. The molecule has 0 bridgehead atoms. The van der Waals surface area contributed by atoms with Crippen molar-refractivity contribution in [1.29, 1.82) is 0 Å². The number of ketones is 1. The molecule has 0 aliphatic rings. The molecule has 0 saturated heterocycles. The summed E-state index contributed by atoms with van der Waals surface area (Å²) >= 11 is 1.09. The van der Waals surface area contributed by atoms with Crippen molar-refractivity contribution in [3.8, 4) is 0 Å². The summed E-state index contributed by atoms with van der Waals surface area (Å²) in [6.45, 7) is 3.18. The zero-order chi connectivity index (χ0) is 20.1. The smallest absolute Gasteiger partial charge is 0.316 e. The lowest BCUT2D eigenvalue weighted by Gasteiger charge is -2.05. The summed E-state index contributed by atoms with van der Waals surface area (Å²) in [6, 6.07) is 9.05. The van der Waals surface area contributed by atoms with E-state index in [4.69, 9.17) is 9.26 Å². The van der Waals surface area contributed by atoms with Crippen molar-refractivity contribution >= 4 is 46.1 Å². The molecule has 9 heteroatoms. The van der Waals surface area contributed by atoms with E-state index in [1.165, 1.54) is 0 Å². The number of amides is 1. The highest BCUT2D eigenvalue weighted by Gasteiger charge is 2.17. The van der Waals surface area contributed by atoms with Gasteiger partial charge in [-0.15, -0.1) is 11.8 Å². The molecule has 0 saturated carbocycles.